The maximum absolute atomic E-state index is 12.8. The molecule has 78 valence electrons. The van der Waals surface area contributed by atoms with Gasteiger partial charge in [0.05, 0.1) is 0 Å². The third-order valence-corrected chi connectivity index (χ3v) is 1.36. The van der Waals surface area contributed by atoms with Crippen molar-refractivity contribution in [1.29, 1.82) is 0 Å². The first-order valence-corrected chi connectivity index (χ1v) is 3.45. The maximum Gasteiger partial charge on any atom is 0.574 e. The first-order chi connectivity index (χ1) is 6.29. The molecule has 0 aliphatic carbocycles. The number of hydrogen-bond donors (Lipinski definition) is 1. The topological polar surface area (TPSA) is 42.1 Å². The van der Waals surface area contributed by atoms with Crippen LogP contribution in [0, 0.1) is 12.7 Å². The van der Waals surface area contributed by atoms with Crippen molar-refractivity contribution in [2.75, 3.05) is 0 Å². The average Bonchev–Trinajstić information content (AvgIpc) is 1.97. The van der Waals surface area contributed by atoms with Gasteiger partial charge in [0.2, 0.25) is 5.88 Å². The molecule has 0 aromatic carbocycles. The van der Waals surface area contributed by atoms with Crippen LogP contribution in [-0.2, 0) is 0 Å². The molecule has 0 radical (unpaired) electrons. The van der Waals surface area contributed by atoms with Gasteiger partial charge in [-0.3, -0.25) is 9.78 Å². The Labute approximate surface area is 75.3 Å². The van der Waals surface area contributed by atoms with Gasteiger partial charge in [0, 0.05) is 5.56 Å². The Morgan fingerprint density at radius 3 is 2.50 bits per heavy atom. The summed E-state index contributed by atoms with van der Waals surface area (Å²) in [5.41, 5.74) is -0.859. The lowest BCUT2D eigenvalue weighted by Gasteiger charge is -2.08. The normalized spacial score (nSPS) is 11.5. The largest absolute Gasteiger partial charge is 0.574 e. The minimum absolute atomic E-state index is 0.0305. The van der Waals surface area contributed by atoms with E-state index in [1.54, 1.807) is 4.98 Å². The van der Waals surface area contributed by atoms with Crippen LogP contribution >= 0.6 is 0 Å². The quantitative estimate of drug-likeness (QED) is 0.718. The van der Waals surface area contributed by atoms with Crippen molar-refractivity contribution in [1.82, 2.24) is 4.98 Å². The highest BCUT2D eigenvalue weighted by Crippen LogP contribution is 2.22. The molecule has 1 aromatic heterocycles. The fourth-order valence-corrected chi connectivity index (χ4v) is 0.773. The third kappa shape index (κ3) is 2.48. The van der Waals surface area contributed by atoms with Crippen LogP contribution < -0.4 is 10.3 Å². The van der Waals surface area contributed by atoms with E-state index in [0.717, 1.165) is 0 Å². The van der Waals surface area contributed by atoms with Gasteiger partial charge in [-0.1, -0.05) is 0 Å². The summed E-state index contributed by atoms with van der Waals surface area (Å²) in [7, 11) is 0. The van der Waals surface area contributed by atoms with Crippen LogP contribution in [0.1, 0.15) is 5.56 Å². The summed E-state index contributed by atoms with van der Waals surface area (Å²) in [5.74, 6) is -2.49. The summed E-state index contributed by atoms with van der Waals surface area (Å²) in [6.45, 7) is 1.26. The summed E-state index contributed by atoms with van der Waals surface area (Å²) in [6, 6.07) is 0.667. The number of H-pyrrole nitrogens is 1. The highest BCUT2D eigenvalue weighted by Gasteiger charge is 2.33. The second-order valence-electron chi connectivity index (χ2n) is 2.51. The van der Waals surface area contributed by atoms with Crippen molar-refractivity contribution in [3.63, 3.8) is 0 Å². The molecule has 0 unspecified atom stereocenters. The smallest absolute Gasteiger partial charge is 0.387 e. The molecule has 0 amide bonds. The molecule has 0 spiro atoms. The van der Waals surface area contributed by atoms with Gasteiger partial charge in [0.1, 0.15) is 0 Å². The van der Waals surface area contributed by atoms with Crippen LogP contribution in [-0.4, -0.2) is 11.3 Å². The molecule has 0 bridgehead atoms. The second kappa shape index (κ2) is 3.32. The molecule has 3 nitrogen and oxygen atoms in total. The predicted octanol–water partition coefficient (Wildman–Crippen LogP) is 1.72. The lowest BCUT2D eigenvalue weighted by molar-refractivity contribution is -0.277. The highest BCUT2D eigenvalue weighted by molar-refractivity contribution is 5.19. The van der Waals surface area contributed by atoms with Crippen molar-refractivity contribution in [2.45, 2.75) is 13.3 Å². The minimum atomic E-state index is -5.03. The molecular formula is C7H5F4NO2. The molecule has 0 saturated heterocycles. The number of aromatic nitrogens is 1. The number of aromatic amines is 1. The SMILES string of the molecule is Cc1cc(F)c(OC(F)(F)F)[nH]c1=O. The van der Waals surface area contributed by atoms with E-state index in [2.05, 4.69) is 4.74 Å². The van der Waals surface area contributed by atoms with Gasteiger partial charge in [-0.2, -0.15) is 0 Å². The molecule has 0 aliphatic heterocycles. The van der Waals surface area contributed by atoms with E-state index in [1.165, 1.54) is 6.92 Å². The lowest BCUT2D eigenvalue weighted by atomic mass is 10.3. The van der Waals surface area contributed by atoms with Gasteiger partial charge in [0.25, 0.3) is 5.56 Å². The van der Waals surface area contributed by atoms with Crippen LogP contribution in [0.4, 0.5) is 17.6 Å². The Kier molecular flexibility index (Phi) is 2.50. The van der Waals surface area contributed by atoms with E-state index in [0.29, 0.717) is 6.07 Å². The first kappa shape index (κ1) is 10.6. The fraction of sp³-hybridized carbons (Fsp3) is 0.286. The van der Waals surface area contributed by atoms with Crippen molar-refractivity contribution >= 4 is 0 Å². The predicted molar refractivity (Wildman–Crippen MR) is 38.4 cm³/mol. The van der Waals surface area contributed by atoms with E-state index in [4.69, 9.17) is 0 Å². The Bertz CT molecular complexity index is 396. The number of aryl methyl sites for hydroxylation is 1. The first-order valence-electron chi connectivity index (χ1n) is 3.45. The zero-order chi connectivity index (χ0) is 10.9. The third-order valence-electron chi connectivity index (χ3n) is 1.36. The zero-order valence-electron chi connectivity index (χ0n) is 6.91. The van der Waals surface area contributed by atoms with Crippen molar-refractivity contribution in [3.8, 4) is 5.88 Å². The van der Waals surface area contributed by atoms with E-state index in [9.17, 15) is 22.4 Å². The molecule has 1 heterocycles. The van der Waals surface area contributed by atoms with E-state index in [1.807, 2.05) is 0 Å². The number of pyridine rings is 1. The van der Waals surface area contributed by atoms with Crippen molar-refractivity contribution in [3.05, 3.63) is 27.8 Å². The number of halogens is 4. The van der Waals surface area contributed by atoms with Crippen LogP contribution in [0.2, 0.25) is 0 Å². The van der Waals surface area contributed by atoms with Gasteiger partial charge in [-0.15, -0.1) is 13.2 Å². The molecule has 0 saturated carbocycles. The summed E-state index contributed by atoms with van der Waals surface area (Å²) in [4.78, 5) is 12.4. The van der Waals surface area contributed by atoms with Crippen LogP contribution in [0.15, 0.2) is 10.9 Å². The summed E-state index contributed by atoms with van der Waals surface area (Å²) in [6.07, 6.45) is -5.03. The van der Waals surface area contributed by atoms with Crippen LogP contribution in [0.5, 0.6) is 5.88 Å². The van der Waals surface area contributed by atoms with Gasteiger partial charge >= 0.3 is 6.36 Å². The molecule has 1 N–H and O–H groups in total. The molecule has 1 aromatic rings. The number of rotatable bonds is 1. The lowest BCUT2D eigenvalue weighted by Crippen LogP contribution is -2.22. The zero-order valence-corrected chi connectivity index (χ0v) is 6.91. The molecule has 7 heteroatoms. The molecule has 14 heavy (non-hydrogen) atoms. The summed E-state index contributed by atoms with van der Waals surface area (Å²) in [5, 5.41) is 0. The number of alkyl halides is 3. The molecular weight excluding hydrogens is 206 g/mol. The van der Waals surface area contributed by atoms with Crippen LogP contribution in [0.25, 0.3) is 0 Å². The van der Waals surface area contributed by atoms with Crippen molar-refractivity contribution < 1.29 is 22.3 Å². The van der Waals surface area contributed by atoms with Crippen LogP contribution in [0.3, 0.4) is 0 Å². The van der Waals surface area contributed by atoms with E-state index in [-0.39, 0.29) is 5.56 Å². The molecule has 0 atom stereocenters. The van der Waals surface area contributed by atoms with Gasteiger partial charge in [-0.05, 0) is 13.0 Å². The number of hydrogen-bond acceptors (Lipinski definition) is 2. The Balaban J connectivity index is 3.11. The molecule has 1 rings (SSSR count). The average molecular weight is 211 g/mol. The standard InChI is InChI=1S/C7H5F4NO2/c1-3-2-4(8)6(12-5(3)13)14-7(9,10)11/h2H,1H3,(H,12,13). The highest BCUT2D eigenvalue weighted by atomic mass is 19.4. The maximum atomic E-state index is 12.8. The minimum Gasteiger partial charge on any atom is -0.387 e. The Morgan fingerprint density at radius 2 is 2.00 bits per heavy atom. The van der Waals surface area contributed by atoms with E-state index >= 15 is 0 Å². The van der Waals surface area contributed by atoms with Gasteiger partial charge in [-0.25, -0.2) is 4.39 Å². The number of nitrogens with one attached hydrogen (secondary N) is 1. The van der Waals surface area contributed by atoms with E-state index < -0.39 is 23.6 Å². The Hall–Kier alpha value is -1.53. The monoisotopic (exact) mass is 211 g/mol. The summed E-state index contributed by atoms with van der Waals surface area (Å²) < 4.78 is 50.9. The Morgan fingerprint density at radius 1 is 1.43 bits per heavy atom. The molecule has 0 aliphatic rings. The fourth-order valence-electron chi connectivity index (χ4n) is 0.773. The molecule has 0 fully saturated rings. The second-order valence-corrected chi connectivity index (χ2v) is 2.51. The summed E-state index contributed by atoms with van der Waals surface area (Å²) >= 11 is 0. The number of ether oxygens (including phenoxy) is 1. The van der Waals surface area contributed by atoms with Gasteiger partial charge < -0.3 is 4.74 Å². The van der Waals surface area contributed by atoms with Gasteiger partial charge in [0.15, 0.2) is 5.82 Å². The van der Waals surface area contributed by atoms with Crippen molar-refractivity contribution in [2.24, 2.45) is 0 Å².